The Bertz CT molecular complexity index is 539. The van der Waals surface area contributed by atoms with Gasteiger partial charge >= 0.3 is 0 Å². The highest BCUT2D eigenvalue weighted by atomic mass is 127. The van der Waals surface area contributed by atoms with Gasteiger partial charge in [0.05, 0.1) is 6.61 Å². The van der Waals surface area contributed by atoms with E-state index in [0.717, 1.165) is 38.7 Å². The van der Waals surface area contributed by atoms with Crippen LogP contribution < -0.4 is 5.32 Å². The third-order valence-electron chi connectivity index (χ3n) is 4.62. The lowest BCUT2D eigenvalue weighted by Gasteiger charge is -2.30. The summed E-state index contributed by atoms with van der Waals surface area (Å²) in [4.78, 5) is 6.65. The first-order valence-corrected chi connectivity index (χ1v) is 8.49. The summed E-state index contributed by atoms with van der Waals surface area (Å²) in [6.45, 7) is 10.3. The maximum absolute atomic E-state index is 5.47. The van der Waals surface area contributed by atoms with Gasteiger partial charge in [-0.25, -0.2) is 0 Å². The molecular formula is C19H32IN3O. The minimum Gasteiger partial charge on any atom is -0.381 e. The Kier molecular flexibility index (Phi) is 8.50. The van der Waals surface area contributed by atoms with Crippen LogP contribution in [0.4, 0.5) is 0 Å². The quantitative estimate of drug-likeness (QED) is 0.429. The predicted molar refractivity (Wildman–Crippen MR) is 113 cm³/mol. The van der Waals surface area contributed by atoms with Gasteiger partial charge in [-0.2, -0.15) is 0 Å². The van der Waals surface area contributed by atoms with Crippen LogP contribution in [0.3, 0.4) is 0 Å². The molecule has 1 saturated heterocycles. The molecule has 0 radical (unpaired) electrons. The molecule has 1 aromatic carbocycles. The lowest BCUT2D eigenvalue weighted by atomic mass is 9.84. The van der Waals surface area contributed by atoms with E-state index in [1.54, 1.807) is 0 Å². The van der Waals surface area contributed by atoms with Crippen molar-refractivity contribution in [3.8, 4) is 0 Å². The van der Waals surface area contributed by atoms with Crippen molar-refractivity contribution < 1.29 is 4.74 Å². The summed E-state index contributed by atoms with van der Waals surface area (Å²) < 4.78 is 5.47. The van der Waals surface area contributed by atoms with E-state index in [1.807, 2.05) is 7.05 Å². The zero-order valence-electron chi connectivity index (χ0n) is 15.6. The Balaban J connectivity index is 0.00000288. The number of guanidine groups is 1. The normalized spacial score (nSPS) is 18.2. The Labute approximate surface area is 164 Å². The SMILES string of the molecule is CN=C(NCC(C)(C)c1cccc(C)c1)N(C)CC1CCOC1.I. The summed E-state index contributed by atoms with van der Waals surface area (Å²) in [5.41, 5.74) is 2.71. The second kappa shape index (κ2) is 9.61. The van der Waals surface area contributed by atoms with Crippen molar-refractivity contribution in [2.24, 2.45) is 10.9 Å². The van der Waals surface area contributed by atoms with Gasteiger partial charge < -0.3 is 15.0 Å². The van der Waals surface area contributed by atoms with Crippen LogP contribution in [0.15, 0.2) is 29.3 Å². The van der Waals surface area contributed by atoms with Crippen LogP contribution in [0.5, 0.6) is 0 Å². The smallest absolute Gasteiger partial charge is 0.193 e. The van der Waals surface area contributed by atoms with E-state index in [-0.39, 0.29) is 29.4 Å². The van der Waals surface area contributed by atoms with Crippen molar-refractivity contribution in [3.63, 3.8) is 0 Å². The van der Waals surface area contributed by atoms with Crippen molar-refractivity contribution in [1.82, 2.24) is 10.2 Å². The average Bonchev–Trinajstić information content (AvgIpc) is 3.00. The zero-order valence-corrected chi connectivity index (χ0v) is 18.0. The standard InChI is InChI=1S/C19H31N3O.HI/c1-15-7-6-8-17(11-15)19(2,3)14-21-18(20-4)22(5)12-16-9-10-23-13-16;/h6-8,11,16H,9-10,12-14H2,1-5H3,(H,20,21);1H. The lowest BCUT2D eigenvalue weighted by molar-refractivity contribution is 0.181. The first-order valence-electron chi connectivity index (χ1n) is 8.49. The van der Waals surface area contributed by atoms with Crippen molar-refractivity contribution in [1.29, 1.82) is 0 Å². The highest BCUT2D eigenvalue weighted by Gasteiger charge is 2.23. The Morgan fingerprint density at radius 2 is 2.17 bits per heavy atom. The topological polar surface area (TPSA) is 36.9 Å². The van der Waals surface area contributed by atoms with E-state index >= 15 is 0 Å². The molecule has 24 heavy (non-hydrogen) atoms. The van der Waals surface area contributed by atoms with Crippen LogP contribution >= 0.6 is 24.0 Å². The molecule has 0 bridgehead atoms. The van der Waals surface area contributed by atoms with Crippen molar-refractivity contribution in [3.05, 3.63) is 35.4 Å². The molecule has 0 amide bonds. The molecule has 1 heterocycles. The molecule has 1 atom stereocenters. The fourth-order valence-electron chi connectivity index (χ4n) is 3.05. The van der Waals surface area contributed by atoms with Gasteiger partial charge in [0.25, 0.3) is 0 Å². The predicted octanol–water partition coefficient (Wildman–Crippen LogP) is 3.43. The van der Waals surface area contributed by atoms with Gasteiger partial charge in [0.15, 0.2) is 5.96 Å². The number of halogens is 1. The summed E-state index contributed by atoms with van der Waals surface area (Å²) in [5, 5.41) is 3.54. The van der Waals surface area contributed by atoms with E-state index in [0.29, 0.717) is 5.92 Å². The average molecular weight is 445 g/mol. The minimum atomic E-state index is 0. The number of nitrogens with zero attached hydrogens (tertiary/aromatic N) is 2. The molecule has 0 aliphatic carbocycles. The molecule has 1 N–H and O–H groups in total. The Hall–Kier alpha value is -0.820. The van der Waals surface area contributed by atoms with Crippen molar-refractivity contribution in [2.75, 3.05) is 40.4 Å². The molecule has 5 heteroatoms. The summed E-state index contributed by atoms with van der Waals surface area (Å²) in [6, 6.07) is 8.75. The zero-order chi connectivity index (χ0) is 16.9. The number of aryl methyl sites for hydroxylation is 1. The summed E-state index contributed by atoms with van der Waals surface area (Å²) in [5.74, 6) is 1.57. The fourth-order valence-corrected chi connectivity index (χ4v) is 3.05. The molecule has 1 aliphatic heterocycles. The number of rotatable bonds is 5. The molecule has 1 unspecified atom stereocenters. The highest BCUT2D eigenvalue weighted by molar-refractivity contribution is 14.0. The fraction of sp³-hybridized carbons (Fsp3) is 0.632. The highest BCUT2D eigenvalue weighted by Crippen LogP contribution is 2.23. The molecule has 0 spiro atoms. The molecule has 136 valence electrons. The number of benzene rings is 1. The molecule has 0 saturated carbocycles. The van der Waals surface area contributed by atoms with Crippen molar-refractivity contribution >= 4 is 29.9 Å². The van der Waals surface area contributed by atoms with Gasteiger partial charge in [-0.1, -0.05) is 43.7 Å². The first-order chi connectivity index (χ1) is 10.9. The Morgan fingerprint density at radius 3 is 2.75 bits per heavy atom. The van der Waals surface area contributed by atoms with E-state index in [1.165, 1.54) is 11.1 Å². The number of nitrogens with one attached hydrogen (secondary N) is 1. The second-order valence-corrected chi connectivity index (χ2v) is 7.26. The number of hydrogen-bond acceptors (Lipinski definition) is 2. The summed E-state index contributed by atoms with van der Waals surface area (Å²) in [7, 11) is 3.96. The van der Waals surface area contributed by atoms with E-state index in [4.69, 9.17) is 4.74 Å². The largest absolute Gasteiger partial charge is 0.381 e. The van der Waals surface area contributed by atoms with Crippen LogP contribution in [0.1, 0.15) is 31.4 Å². The minimum absolute atomic E-state index is 0. The summed E-state index contributed by atoms with van der Waals surface area (Å²) >= 11 is 0. The maximum atomic E-state index is 5.47. The molecule has 1 aliphatic rings. The van der Waals surface area contributed by atoms with Gasteiger partial charge in [0.1, 0.15) is 0 Å². The molecule has 1 aromatic rings. The van der Waals surface area contributed by atoms with Gasteiger partial charge in [0.2, 0.25) is 0 Å². The Morgan fingerprint density at radius 1 is 1.42 bits per heavy atom. The van der Waals surface area contributed by atoms with Gasteiger partial charge in [-0.3, -0.25) is 4.99 Å². The van der Waals surface area contributed by atoms with Gasteiger partial charge in [0, 0.05) is 45.1 Å². The van der Waals surface area contributed by atoms with Crippen LogP contribution in [0, 0.1) is 12.8 Å². The monoisotopic (exact) mass is 445 g/mol. The molecule has 0 aromatic heterocycles. The molecule has 1 fully saturated rings. The van der Waals surface area contributed by atoms with Crippen LogP contribution in [-0.2, 0) is 10.2 Å². The van der Waals surface area contributed by atoms with Crippen LogP contribution in [0.25, 0.3) is 0 Å². The third kappa shape index (κ3) is 5.92. The maximum Gasteiger partial charge on any atom is 0.193 e. The van der Waals surface area contributed by atoms with Crippen molar-refractivity contribution in [2.45, 2.75) is 32.6 Å². The molecule has 4 nitrogen and oxygen atoms in total. The van der Waals surface area contributed by atoms with E-state index in [2.05, 4.69) is 67.3 Å². The number of hydrogen-bond donors (Lipinski definition) is 1. The van der Waals surface area contributed by atoms with Crippen LogP contribution in [-0.4, -0.2) is 51.3 Å². The second-order valence-electron chi connectivity index (χ2n) is 7.26. The number of ether oxygens (including phenoxy) is 1. The van der Waals surface area contributed by atoms with Gasteiger partial charge in [-0.05, 0) is 18.9 Å². The lowest BCUT2D eigenvalue weighted by Crippen LogP contribution is -2.45. The summed E-state index contributed by atoms with van der Waals surface area (Å²) in [6.07, 6.45) is 1.15. The van der Waals surface area contributed by atoms with E-state index < -0.39 is 0 Å². The van der Waals surface area contributed by atoms with Crippen LogP contribution in [0.2, 0.25) is 0 Å². The third-order valence-corrected chi connectivity index (χ3v) is 4.62. The first kappa shape index (κ1) is 21.2. The number of aliphatic imine (C=N–C) groups is 1. The molecule has 2 rings (SSSR count). The van der Waals surface area contributed by atoms with Gasteiger partial charge in [-0.15, -0.1) is 24.0 Å². The van der Waals surface area contributed by atoms with E-state index in [9.17, 15) is 0 Å². The molecular weight excluding hydrogens is 413 g/mol.